The zero-order chi connectivity index (χ0) is 12.3. The third kappa shape index (κ3) is 2.85. The fraction of sp³-hybridized carbons (Fsp3) is 0.231. The van der Waals surface area contributed by atoms with Gasteiger partial charge in [0.1, 0.15) is 23.1 Å². The highest BCUT2D eigenvalue weighted by Crippen LogP contribution is 2.22. The van der Waals surface area contributed by atoms with E-state index in [1.807, 2.05) is 19.1 Å². The molecular weight excluding hydrogens is 221 g/mol. The fourth-order valence-electron chi connectivity index (χ4n) is 1.53. The Morgan fingerprint density at radius 2 is 1.94 bits per heavy atom. The number of hydrogen-bond donors (Lipinski definition) is 1. The van der Waals surface area contributed by atoms with Crippen molar-refractivity contribution < 1.29 is 13.5 Å². The third-order valence-electron chi connectivity index (χ3n) is 2.38. The largest absolute Gasteiger partial charge is 0.481 e. The molecule has 0 fully saturated rings. The van der Waals surface area contributed by atoms with Crippen molar-refractivity contribution in [1.82, 2.24) is 0 Å². The highest BCUT2D eigenvalue weighted by molar-refractivity contribution is 5.23. The summed E-state index contributed by atoms with van der Waals surface area (Å²) in [5.41, 5.74) is 5.63. The van der Waals surface area contributed by atoms with Gasteiger partial charge in [0.25, 0.3) is 0 Å². The van der Waals surface area contributed by atoms with E-state index >= 15 is 0 Å². The van der Waals surface area contributed by atoms with Crippen molar-refractivity contribution >= 4 is 0 Å². The van der Waals surface area contributed by atoms with Crippen LogP contribution in [0.4, 0.5) is 4.39 Å². The molecule has 1 aromatic heterocycles. The molecular formula is C13H14FNO2. The molecule has 1 unspecified atom stereocenters. The zero-order valence-electron chi connectivity index (χ0n) is 9.52. The van der Waals surface area contributed by atoms with Gasteiger partial charge in [0.05, 0.1) is 0 Å². The number of aryl methyl sites for hydroxylation is 1. The summed E-state index contributed by atoms with van der Waals surface area (Å²) in [5.74, 6) is 1.75. The molecule has 3 nitrogen and oxygen atoms in total. The number of ether oxygens (including phenoxy) is 1. The van der Waals surface area contributed by atoms with Crippen LogP contribution in [-0.4, -0.2) is 6.54 Å². The molecule has 0 aliphatic heterocycles. The molecule has 0 spiro atoms. The molecule has 0 saturated heterocycles. The smallest absolute Gasteiger partial charge is 0.168 e. The molecule has 2 rings (SSSR count). The molecule has 0 aliphatic carbocycles. The number of hydrogen-bond acceptors (Lipinski definition) is 3. The summed E-state index contributed by atoms with van der Waals surface area (Å²) in [4.78, 5) is 0. The van der Waals surface area contributed by atoms with Crippen LogP contribution in [0.15, 0.2) is 40.8 Å². The highest BCUT2D eigenvalue weighted by atomic mass is 19.1. The van der Waals surface area contributed by atoms with Crippen LogP contribution in [0.3, 0.4) is 0 Å². The molecule has 2 N–H and O–H groups in total. The summed E-state index contributed by atoms with van der Waals surface area (Å²) in [7, 11) is 0. The van der Waals surface area contributed by atoms with Crippen LogP contribution >= 0.6 is 0 Å². The number of rotatable bonds is 4. The second-order valence-corrected chi connectivity index (χ2v) is 3.74. The summed E-state index contributed by atoms with van der Waals surface area (Å²) in [6, 6.07) is 9.50. The standard InChI is InChI=1S/C13H14FNO2/c1-9-2-7-12(16-9)13(8-15)17-11-5-3-10(14)4-6-11/h2-7,13H,8,15H2,1H3. The van der Waals surface area contributed by atoms with Crippen molar-refractivity contribution in [2.75, 3.05) is 6.54 Å². The van der Waals surface area contributed by atoms with Gasteiger partial charge in [-0.1, -0.05) is 0 Å². The molecule has 0 amide bonds. The lowest BCUT2D eigenvalue weighted by atomic mass is 10.2. The van der Waals surface area contributed by atoms with E-state index in [4.69, 9.17) is 14.9 Å². The van der Waals surface area contributed by atoms with E-state index in [1.165, 1.54) is 12.1 Å². The summed E-state index contributed by atoms with van der Waals surface area (Å²) in [5, 5.41) is 0. The maximum atomic E-state index is 12.7. The first kappa shape index (κ1) is 11.7. The first-order valence-corrected chi connectivity index (χ1v) is 5.37. The monoisotopic (exact) mass is 235 g/mol. The van der Waals surface area contributed by atoms with E-state index in [-0.39, 0.29) is 11.9 Å². The van der Waals surface area contributed by atoms with Crippen molar-refractivity contribution in [3.05, 3.63) is 53.7 Å². The zero-order valence-corrected chi connectivity index (χ0v) is 9.52. The summed E-state index contributed by atoms with van der Waals surface area (Å²) in [6.45, 7) is 2.15. The lowest BCUT2D eigenvalue weighted by molar-refractivity contribution is 0.182. The van der Waals surface area contributed by atoms with Gasteiger partial charge in [0, 0.05) is 6.54 Å². The number of nitrogens with two attached hydrogens (primary N) is 1. The molecule has 1 atom stereocenters. The minimum absolute atomic E-state index is 0.296. The lowest BCUT2D eigenvalue weighted by Crippen LogP contribution is -2.17. The molecule has 90 valence electrons. The van der Waals surface area contributed by atoms with E-state index < -0.39 is 0 Å². The van der Waals surface area contributed by atoms with Gasteiger partial charge < -0.3 is 14.9 Å². The molecule has 0 radical (unpaired) electrons. The van der Waals surface area contributed by atoms with Gasteiger partial charge >= 0.3 is 0 Å². The predicted octanol–water partition coefficient (Wildman–Crippen LogP) is 2.81. The van der Waals surface area contributed by atoms with Crippen LogP contribution in [-0.2, 0) is 0 Å². The van der Waals surface area contributed by atoms with Gasteiger partial charge in [0.2, 0.25) is 0 Å². The van der Waals surface area contributed by atoms with Crippen LogP contribution in [0.1, 0.15) is 17.6 Å². The van der Waals surface area contributed by atoms with Crippen molar-refractivity contribution in [3.63, 3.8) is 0 Å². The quantitative estimate of drug-likeness (QED) is 0.886. The van der Waals surface area contributed by atoms with Crippen LogP contribution < -0.4 is 10.5 Å². The molecule has 1 aromatic carbocycles. The van der Waals surface area contributed by atoms with Crippen molar-refractivity contribution in [2.45, 2.75) is 13.0 Å². The maximum absolute atomic E-state index is 12.7. The Bertz CT molecular complexity index is 478. The highest BCUT2D eigenvalue weighted by Gasteiger charge is 2.15. The first-order chi connectivity index (χ1) is 8.19. The summed E-state index contributed by atoms with van der Waals surface area (Å²) >= 11 is 0. The second-order valence-electron chi connectivity index (χ2n) is 3.74. The van der Waals surface area contributed by atoms with Gasteiger partial charge in [-0.25, -0.2) is 4.39 Å². The van der Waals surface area contributed by atoms with Gasteiger partial charge in [-0.3, -0.25) is 0 Å². The van der Waals surface area contributed by atoms with Gasteiger partial charge in [0.15, 0.2) is 6.10 Å². The summed E-state index contributed by atoms with van der Waals surface area (Å²) in [6.07, 6.45) is -0.353. The van der Waals surface area contributed by atoms with E-state index in [0.29, 0.717) is 18.1 Å². The van der Waals surface area contributed by atoms with Gasteiger partial charge in [-0.15, -0.1) is 0 Å². The topological polar surface area (TPSA) is 48.4 Å². The van der Waals surface area contributed by atoms with Gasteiger partial charge in [-0.2, -0.15) is 0 Å². The van der Waals surface area contributed by atoms with Crippen molar-refractivity contribution in [2.24, 2.45) is 5.73 Å². The molecule has 4 heteroatoms. The molecule has 2 aromatic rings. The Morgan fingerprint density at radius 3 is 2.47 bits per heavy atom. The number of furan rings is 1. The SMILES string of the molecule is Cc1ccc(C(CN)Oc2ccc(F)cc2)o1. The third-order valence-corrected chi connectivity index (χ3v) is 2.38. The fourth-order valence-corrected chi connectivity index (χ4v) is 1.53. The molecule has 17 heavy (non-hydrogen) atoms. The minimum atomic E-state index is -0.353. The van der Waals surface area contributed by atoms with E-state index in [0.717, 1.165) is 5.76 Å². The lowest BCUT2D eigenvalue weighted by Gasteiger charge is -2.15. The van der Waals surface area contributed by atoms with Crippen LogP contribution in [0.2, 0.25) is 0 Å². The van der Waals surface area contributed by atoms with Crippen molar-refractivity contribution in [3.8, 4) is 5.75 Å². The van der Waals surface area contributed by atoms with Crippen molar-refractivity contribution in [1.29, 1.82) is 0 Å². The van der Waals surface area contributed by atoms with Crippen LogP contribution in [0.5, 0.6) is 5.75 Å². The number of benzene rings is 1. The predicted molar refractivity (Wildman–Crippen MR) is 62.3 cm³/mol. The molecule has 0 saturated carbocycles. The van der Waals surface area contributed by atoms with Crippen LogP contribution in [0.25, 0.3) is 0 Å². The van der Waals surface area contributed by atoms with Crippen LogP contribution in [0, 0.1) is 12.7 Å². The Balaban J connectivity index is 2.12. The first-order valence-electron chi connectivity index (χ1n) is 5.37. The Labute approximate surface area is 99.0 Å². The Hall–Kier alpha value is -1.81. The Kier molecular flexibility index (Phi) is 3.44. The minimum Gasteiger partial charge on any atom is -0.481 e. The van der Waals surface area contributed by atoms with Gasteiger partial charge in [-0.05, 0) is 43.3 Å². The molecule has 1 heterocycles. The van der Waals surface area contributed by atoms with E-state index in [1.54, 1.807) is 12.1 Å². The summed E-state index contributed by atoms with van der Waals surface area (Å²) < 4.78 is 23.8. The average Bonchev–Trinajstić information content (AvgIpc) is 2.75. The molecule has 0 bridgehead atoms. The van der Waals surface area contributed by atoms with E-state index in [2.05, 4.69) is 0 Å². The molecule has 0 aliphatic rings. The normalized spacial score (nSPS) is 12.4. The number of halogens is 1. The second kappa shape index (κ2) is 5.01. The van der Waals surface area contributed by atoms with E-state index in [9.17, 15) is 4.39 Å². The average molecular weight is 235 g/mol. The maximum Gasteiger partial charge on any atom is 0.168 e. The Morgan fingerprint density at radius 1 is 1.24 bits per heavy atom.